The molecule has 204 valence electrons. The minimum atomic E-state index is -4.11. The van der Waals surface area contributed by atoms with Crippen molar-refractivity contribution in [1.29, 1.82) is 0 Å². The first-order chi connectivity index (χ1) is 19.2. The van der Waals surface area contributed by atoms with Crippen LogP contribution in [0.4, 0.5) is 11.4 Å². The quantitative estimate of drug-likeness (QED) is 0.163. The van der Waals surface area contributed by atoms with E-state index in [-0.39, 0.29) is 28.4 Å². The molecule has 0 saturated carbocycles. The number of hydrogen-bond donors (Lipinski definition) is 1. The van der Waals surface area contributed by atoms with Gasteiger partial charge in [-0.25, -0.2) is 13.8 Å². The molecule has 0 aliphatic heterocycles. The van der Waals surface area contributed by atoms with Gasteiger partial charge in [0.05, 0.1) is 40.4 Å². The second-order valence-electron chi connectivity index (χ2n) is 8.63. The molecule has 0 atom stereocenters. The summed E-state index contributed by atoms with van der Waals surface area (Å²) >= 11 is 0. The molecule has 0 aliphatic rings. The molecule has 4 rings (SSSR count). The number of sulfonamides is 1. The number of hydrogen-bond acceptors (Lipinski definition) is 7. The average molecular weight is 559 g/mol. The summed E-state index contributed by atoms with van der Waals surface area (Å²) in [5.74, 6) is -0.116. The van der Waals surface area contributed by atoms with Crippen LogP contribution >= 0.6 is 0 Å². The molecule has 0 heterocycles. The van der Waals surface area contributed by atoms with Crippen LogP contribution in [0.5, 0.6) is 5.75 Å². The van der Waals surface area contributed by atoms with Crippen molar-refractivity contribution in [3.8, 4) is 5.75 Å². The third-order valence-corrected chi connectivity index (χ3v) is 7.83. The number of rotatable bonds is 10. The Bertz CT molecular complexity index is 1640. The van der Waals surface area contributed by atoms with Crippen molar-refractivity contribution in [2.75, 3.05) is 11.4 Å². The van der Waals surface area contributed by atoms with Crippen LogP contribution in [0.2, 0.25) is 0 Å². The van der Waals surface area contributed by atoms with Crippen LogP contribution in [0.25, 0.3) is 0 Å². The van der Waals surface area contributed by atoms with E-state index in [9.17, 15) is 23.3 Å². The number of methoxy groups -OCH3 is 1. The zero-order chi connectivity index (χ0) is 28.7. The first kappa shape index (κ1) is 28.0. The molecule has 1 N–H and O–H groups in total. The highest BCUT2D eigenvalue weighted by Crippen LogP contribution is 2.30. The normalized spacial score (nSPS) is 11.5. The van der Waals surface area contributed by atoms with Gasteiger partial charge in [-0.2, -0.15) is 5.10 Å². The summed E-state index contributed by atoms with van der Waals surface area (Å²) in [6.07, 6.45) is 0. The zero-order valence-corrected chi connectivity index (χ0v) is 22.5. The topological polar surface area (TPSA) is 131 Å². The van der Waals surface area contributed by atoms with Gasteiger partial charge in [0.1, 0.15) is 5.75 Å². The number of nitrogens with one attached hydrogen (secondary N) is 1. The van der Waals surface area contributed by atoms with E-state index in [4.69, 9.17) is 4.74 Å². The number of carbonyl (C=O) groups is 1. The van der Waals surface area contributed by atoms with Crippen LogP contribution in [0.1, 0.15) is 28.4 Å². The smallest absolute Gasteiger partial charge is 0.273 e. The van der Waals surface area contributed by atoms with Crippen molar-refractivity contribution in [2.24, 2.45) is 5.10 Å². The Hall–Kier alpha value is -5.03. The Morgan fingerprint density at radius 1 is 0.925 bits per heavy atom. The molecule has 4 aromatic carbocycles. The molecule has 10 nitrogen and oxygen atoms in total. The number of anilines is 1. The van der Waals surface area contributed by atoms with Crippen molar-refractivity contribution in [2.45, 2.75) is 18.4 Å². The number of para-hydroxylation sites is 1. The molecule has 0 unspecified atom stereocenters. The molecule has 0 saturated heterocycles. The summed E-state index contributed by atoms with van der Waals surface area (Å²) in [7, 11) is -2.62. The van der Waals surface area contributed by atoms with Gasteiger partial charge in [0, 0.05) is 12.1 Å². The summed E-state index contributed by atoms with van der Waals surface area (Å²) in [6.45, 7) is 1.62. The molecule has 0 fully saturated rings. The highest BCUT2D eigenvalue weighted by atomic mass is 32.2. The number of amides is 1. The van der Waals surface area contributed by atoms with Gasteiger partial charge in [0.25, 0.3) is 21.6 Å². The van der Waals surface area contributed by atoms with E-state index in [0.29, 0.717) is 17.0 Å². The average Bonchev–Trinajstić information content (AvgIpc) is 2.99. The number of carbonyl (C=O) groups excluding carboxylic acids is 1. The second kappa shape index (κ2) is 12.2. The number of non-ortho nitro benzene ring substituents is 1. The molecule has 0 spiro atoms. The van der Waals surface area contributed by atoms with E-state index < -0.39 is 20.9 Å². The van der Waals surface area contributed by atoms with Gasteiger partial charge in [-0.15, -0.1) is 0 Å². The Morgan fingerprint density at radius 2 is 1.55 bits per heavy atom. The maximum absolute atomic E-state index is 13.9. The zero-order valence-electron chi connectivity index (χ0n) is 21.7. The SMILES string of the molecule is COc1ccc(S(=O)(=O)N(Cc2ccccc2)c2ccccc2C(=O)N/N=C(/C)c2ccc([N+](=O)[O-])cc2)cc1. The number of nitrogens with zero attached hydrogens (tertiary/aromatic N) is 3. The van der Waals surface area contributed by atoms with Crippen LogP contribution in [0, 0.1) is 10.1 Å². The molecular weight excluding hydrogens is 532 g/mol. The summed E-state index contributed by atoms with van der Waals surface area (Å²) in [4.78, 5) is 23.7. The van der Waals surface area contributed by atoms with E-state index in [1.54, 1.807) is 49.4 Å². The van der Waals surface area contributed by atoms with E-state index >= 15 is 0 Å². The molecule has 0 radical (unpaired) electrons. The Labute approximate surface area is 231 Å². The van der Waals surface area contributed by atoms with Gasteiger partial charge in [0.15, 0.2) is 0 Å². The number of nitro groups is 1. The van der Waals surface area contributed by atoms with Gasteiger partial charge in [-0.1, -0.05) is 42.5 Å². The molecule has 40 heavy (non-hydrogen) atoms. The van der Waals surface area contributed by atoms with Crippen molar-refractivity contribution in [3.63, 3.8) is 0 Å². The molecule has 1 amide bonds. The lowest BCUT2D eigenvalue weighted by Gasteiger charge is -2.26. The van der Waals surface area contributed by atoms with Gasteiger partial charge in [-0.3, -0.25) is 19.2 Å². The summed E-state index contributed by atoms with van der Waals surface area (Å²) in [5.41, 5.74) is 4.39. The molecular formula is C29H26N4O6S. The molecule has 4 aromatic rings. The van der Waals surface area contributed by atoms with E-state index in [0.717, 1.165) is 5.56 Å². The van der Waals surface area contributed by atoms with Gasteiger partial charge in [-0.05, 0) is 66.6 Å². The van der Waals surface area contributed by atoms with Crippen LogP contribution in [-0.4, -0.2) is 32.1 Å². The minimum Gasteiger partial charge on any atom is -0.497 e. The van der Waals surface area contributed by atoms with Gasteiger partial charge >= 0.3 is 0 Å². The van der Waals surface area contributed by atoms with Crippen molar-refractivity contribution >= 4 is 33.0 Å². The fraction of sp³-hybridized carbons (Fsp3) is 0.103. The predicted octanol–water partition coefficient (Wildman–Crippen LogP) is 5.15. The fourth-order valence-electron chi connectivity index (χ4n) is 3.89. The van der Waals surface area contributed by atoms with Crippen molar-refractivity contribution in [3.05, 3.63) is 130 Å². The minimum absolute atomic E-state index is 0.0232. The Kier molecular flexibility index (Phi) is 8.55. The monoisotopic (exact) mass is 558 g/mol. The third kappa shape index (κ3) is 6.33. The van der Waals surface area contributed by atoms with E-state index in [1.165, 1.54) is 53.9 Å². The molecule has 0 aromatic heterocycles. The van der Waals surface area contributed by atoms with Crippen molar-refractivity contribution in [1.82, 2.24) is 5.43 Å². The second-order valence-corrected chi connectivity index (χ2v) is 10.5. The maximum atomic E-state index is 13.9. The molecule has 0 aliphatic carbocycles. The molecule has 11 heteroatoms. The number of nitro benzene ring substituents is 1. The van der Waals surface area contributed by atoms with E-state index in [1.807, 2.05) is 18.2 Å². The van der Waals surface area contributed by atoms with Gasteiger partial charge < -0.3 is 4.74 Å². The first-order valence-electron chi connectivity index (χ1n) is 12.1. The third-order valence-electron chi connectivity index (χ3n) is 6.05. The summed E-state index contributed by atoms with van der Waals surface area (Å²) in [6, 6.07) is 27.2. The van der Waals surface area contributed by atoms with Crippen molar-refractivity contribution < 1.29 is 22.9 Å². The highest BCUT2D eigenvalue weighted by Gasteiger charge is 2.28. The predicted molar refractivity (Wildman–Crippen MR) is 152 cm³/mol. The lowest BCUT2D eigenvalue weighted by atomic mass is 10.1. The van der Waals surface area contributed by atoms with Crippen LogP contribution < -0.4 is 14.5 Å². The molecule has 0 bridgehead atoms. The first-order valence-corrected chi connectivity index (χ1v) is 13.5. The summed E-state index contributed by atoms with van der Waals surface area (Å²) in [5, 5.41) is 15.0. The number of benzene rings is 4. The van der Waals surface area contributed by atoms with Crippen LogP contribution in [-0.2, 0) is 16.6 Å². The number of ether oxygens (including phenoxy) is 1. The van der Waals surface area contributed by atoms with Crippen LogP contribution in [0.3, 0.4) is 0 Å². The standard InChI is InChI=1S/C29H26N4O6S/c1-21(23-12-14-24(15-13-23)33(35)36)30-31-29(34)27-10-6-7-11-28(27)32(20-22-8-4-3-5-9-22)40(37,38)26-18-16-25(39-2)17-19-26/h3-19H,20H2,1-2H3,(H,31,34)/b30-21-. The Morgan fingerprint density at radius 3 is 2.17 bits per heavy atom. The largest absolute Gasteiger partial charge is 0.497 e. The summed E-state index contributed by atoms with van der Waals surface area (Å²) < 4.78 is 34.2. The maximum Gasteiger partial charge on any atom is 0.273 e. The highest BCUT2D eigenvalue weighted by molar-refractivity contribution is 7.92. The lowest BCUT2D eigenvalue weighted by molar-refractivity contribution is -0.384. The fourth-order valence-corrected chi connectivity index (χ4v) is 5.36. The van der Waals surface area contributed by atoms with E-state index in [2.05, 4.69) is 10.5 Å². The van der Waals surface area contributed by atoms with Gasteiger partial charge in [0.2, 0.25) is 0 Å². The number of hydrazone groups is 1. The van der Waals surface area contributed by atoms with Crippen LogP contribution in [0.15, 0.2) is 113 Å². The lowest BCUT2D eigenvalue weighted by Crippen LogP contribution is -2.33. The Balaban J connectivity index is 1.69.